The van der Waals surface area contributed by atoms with E-state index in [1.54, 1.807) is 11.4 Å². The highest BCUT2D eigenvalue weighted by Gasteiger charge is 2.14. The van der Waals surface area contributed by atoms with Crippen LogP contribution >= 0.6 is 22.9 Å². The third-order valence-corrected chi connectivity index (χ3v) is 5.00. The predicted molar refractivity (Wildman–Crippen MR) is 83.4 cm³/mol. The van der Waals surface area contributed by atoms with E-state index in [1.165, 1.54) is 36.6 Å². The molecule has 0 aliphatic heterocycles. The molecule has 0 aliphatic carbocycles. The molecule has 2 aromatic rings. The summed E-state index contributed by atoms with van der Waals surface area (Å²) >= 11 is 7.20. The van der Waals surface area contributed by atoms with Crippen LogP contribution < -0.4 is 10.1 Å². The number of amides is 1. The van der Waals surface area contributed by atoms with E-state index in [1.807, 2.05) is 0 Å². The first-order chi connectivity index (χ1) is 9.81. The molecule has 1 heterocycles. The summed E-state index contributed by atoms with van der Waals surface area (Å²) in [6, 6.07) is 5.75. The molecular weight excluding hydrogens is 334 g/mol. The minimum Gasteiger partial charge on any atom is -0.496 e. The summed E-state index contributed by atoms with van der Waals surface area (Å²) in [5.41, 5.74) is 0.247. The van der Waals surface area contributed by atoms with Crippen molar-refractivity contribution in [2.24, 2.45) is 0 Å². The highest BCUT2D eigenvalue weighted by Crippen LogP contribution is 2.27. The van der Waals surface area contributed by atoms with E-state index in [0.717, 1.165) is 6.26 Å². The number of methoxy groups -OCH3 is 1. The number of nitrogens with one attached hydrogen (secondary N) is 1. The number of carbonyl (C=O) groups is 1. The summed E-state index contributed by atoms with van der Waals surface area (Å²) < 4.78 is 28.1. The smallest absolute Gasteiger partial charge is 0.265 e. The molecule has 8 heteroatoms. The summed E-state index contributed by atoms with van der Waals surface area (Å²) in [4.78, 5) is 12.6. The highest BCUT2D eigenvalue weighted by molar-refractivity contribution is 7.90. The lowest BCUT2D eigenvalue weighted by molar-refractivity contribution is 0.103. The first-order valence-corrected chi connectivity index (χ1v) is 8.89. The van der Waals surface area contributed by atoms with Gasteiger partial charge in [-0.05, 0) is 18.2 Å². The fourth-order valence-corrected chi connectivity index (χ4v) is 3.12. The number of hydrogen-bond donors (Lipinski definition) is 1. The zero-order chi connectivity index (χ0) is 15.6. The lowest BCUT2D eigenvalue weighted by Gasteiger charge is -2.08. The minimum absolute atomic E-state index is 0.0889. The quantitative estimate of drug-likeness (QED) is 0.924. The van der Waals surface area contributed by atoms with Gasteiger partial charge in [-0.3, -0.25) is 4.79 Å². The number of rotatable bonds is 4. The summed E-state index contributed by atoms with van der Waals surface area (Å²) in [6.07, 6.45) is 1.09. The number of anilines is 1. The molecule has 0 fully saturated rings. The largest absolute Gasteiger partial charge is 0.496 e. The molecule has 2 rings (SSSR count). The molecule has 1 aromatic carbocycles. The monoisotopic (exact) mass is 345 g/mol. The maximum absolute atomic E-state index is 12.1. The van der Waals surface area contributed by atoms with Gasteiger partial charge >= 0.3 is 0 Å². The van der Waals surface area contributed by atoms with E-state index < -0.39 is 9.84 Å². The Morgan fingerprint density at radius 2 is 2.05 bits per heavy atom. The van der Waals surface area contributed by atoms with E-state index in [9.17, 15) is 13.2 Å². The molecule has 1 N–H and O–H groups in total. The van der Waals surface area contributed by atoms with Gasteiger partial charge < -0.3 is 10.1 Å². The second kappa shape index (κ2) is 6.05. The van der Waals surface area contributed by atoms with Crippen molar-refractivity contribution in [3.63, 3.8) is 0 Å². The number of ether oxygens (including phenoxy) is 1. The molecule has 0 spiro atoms. The van der Waals surface area contributed by atoms with Crippen LogP contribution in [0.3, 0.4) is 0 Å². The van der Waals surface area contributed by atoms with Crippen LogP contribution in [0.4, 0.5) is 5.69 Å². The number of hydrogen-bond acceptors (Lipinski definition) is 5. The van der Waals surface area contributed by atoms with Crippen molar-refractivity contribution in [3.05, 3.63) is 39.5 Å². The van der Waals surface area contributed by atoms with Crippen molar-refractivity contribution in [2.45, 2.75) is 4.90 Å². The maximum Gasteiger partial charge on any atom is 0.265 e. The van der Waals surface area contributed by atoms with Crippen LogP contribution in [0.2, 0.25) is 5.02 Å². The molecule has 112 valence electrons. The normalized spacial score (nSPS) is 11.2. The van der Waals surface area contributed by atoms with Crippen LogP contribution in [0.15, 0.2) is 34.5 Å². The van der Waals surface area contributed by atoms with E-state index in [0.29, 0.717) is 10.6 Å². The molecule has 0 saturated carbocycles. The molecule has 0 atom stereocenters. The van der Waals surface area contributed by atoms with Gasteiger partial charge in [-0.25, -0.2) is 8.42 Å². The number of carbonyl (C=O) groups excluding carboxylic acids is 1. The van der Waals surface area contributed by atoms with Crippen molar-refractivity contribution < 1.29 is 17.9 Å². The predicted octanol–water partition coefficient (Wildman–Crippen LogP) is 3.07. The van der Waals surface area contributed by atoms with Crippen LogP contribution in [-0.2, 0) is 9.84 Å². The number of thiophene rings is 1. The maximum atomic E-state index is 12.1. The van der Waals surface area contributed by atoms with E-state index in [4.69, 9.17) is 16.3 Å². The Balaban J connectivity index is 2.28. The molecule has 21 heavy (non-hydrogen) atoms. The van der Waals surface area contributed by atoms with E-state index in [2.05, 4.69) is 5.32 Å². The summed E-state index contributed by atoms with van der Waals surface area (Å²) in [7, 11) is -1.86. The lowest BCUT2D eigenvalue weighted by atomic mass is 10.3. The average molecular weight is 346 g/mol. The Bertz CT molecular complexity index is 783. The van der Waals surface area contributed by atoms with Gasteiger partial charge in [0.1, 0.15) is 5.75 Å². The van der Waals surface area contributed by atoms with Gasteiger partial charge in [0.05, 0.1) is 27.6 Å². The van der Waals surface area contributed by atoms with Crippen LogP contribution in [0, 0.1) is 0 Å². The lowest BCUT2D eigenvalue weighted by Crippen LogP contribution is -2.11. The molecule has 1 aromatic heterocycles. The van der Waals surface area contributed by atoms with Crippen LogP contribution in [0.5, 0.6) is 5.75 Å². The van der Waals surface area contributed by atoms with Crippen molar-refractivity contribution >= 4 is 44.4 Å². The minimum atomic E-state index is -3.37. The summed E-state index contributed by atoms with van der Waals surface area (Å²) in [5.74, 6) is 0.206. The SMILES string of the molecule is COc1csc(C(=O)Nc2cc(S(C)(=O)=O)ccc2Cl)c1. The highest BCUT2D eigenvalue weighted by atomic mass is 35.5. The first-order valence-electron chi connectivity index (χ1n) is 5.75. The van der Waals surface area contributed by atoms with Crippen molar-refractivity contribution in [1.29, 1.82) is 0 Å². The fourth-order valence-electron chi connectivity index (χ4n) is 1.56. The summed E-state index contributed by atoms with van der Waals surface area (Å²) in [5, 5.41) is 4.56. The second-order valence-electron chi connectivity index (χ2n) is 4.22. The van der Waals surface area contributed by atoms with Gasteiger partial charge in [0.2, 0.25) is 0 Å². The Kier molecular flexibility index (Phi) is 4.55. The van der Waals surface area contributed by atoms with Crippen molar-refractivity contribution in [1.82, 2.24) is 0 Å². The van der Waals surface area contributed by atoms with Crippen molar-refractivity contribution in [3.8, 4) is 5.75 Å². The van der Waals surface area contributed by atoms with Crippen LogP contribution in [0.1, 0.15) is 9.67 Å². The standard InChI is InChI=1S/C13H12ClNO4S2/c1-19-8-5-12(20-7-8)13(16)15-11-6-9(21(2,17)18)3-4-10(11)14/h3-7H,1-2H3,(H,15,16). The Morgan fingerprint density at radius 1 is 1.33 bits per heavy atom. The van der Waals surface area contributed by atoms with Gasteiger partial charge in [0.15, 0.2) is 9.84 Å². The van der Waals surface area contributed by atoms with Crippen molar-refractivity contribution in [2.75, 3.05) is 18.7 Å². The number of halogens is 1. The zero-order valence-corrected chi connectivity index (χ0v) is 13.6. The Labute approximate surface area is 131 Å². The molecule has 0 unspecified atom stereocenters. The van der Waals surface area contributed by atoms with Crippen LogP contribution in [0.25, 0.3) is 0 Å². The third kappa shape index (κ3) is 3.75. The van der Waals surface area contributed by atoms with Crippen LogP contribution in [-0.4, -0.2) is 27.7 Å². The molecule has 0 bridgehead atoms. The molecule has 1 amide bonds. The average Bonchev–Trinajstić information content (AvgIpc) is 2.88. The second-order valence-corrected chi connectivity index (χ2v) is 7.55. The number of benzene rings is 1. The molecule has 0 radical (unpaired) electrons. The molecule has 0 saturated heterocycles. The number of sulfone groups is 1. The Morgan fingerprint density at radius 3 is 2.62 bits per heavy atom. The molecule has 0 aliphatic rings. The van der Waals surface area contributed by atoms with E-state index in [-0.39, 0.29) is 21.5 Å². The first kappa shape index (κ1) is 15.8. The van der Waals surface area contributed by atoms with Gasteiger partial charge in [-0.1, -0.05) is 11.6 Å². The summed E-state index contributed by atoms with van der Waals surface area (Å²) in [6.45, 7) is 0. The van der Waals surface area contributed by atoms with E-state index >= 15 is 0 Å². The van der Waals surface area contributed by atoms with Gasteiger partial charge in [-0.15, -0.1) is 11.3 Å². The van der Waals surface area contributed by atoms with Gasteiger partial charge in [0, 0.05) is 17.7 Å². The third-order valence-electron chi connectivity index (χ3n) is 2.65. The topological polar surface area (TPSA) is 72.5 Å². The van der Waals surface area contributed by atoms with Gasteiger partial charge in [-0.2, -0.15) is 0 Å². The fraction of sp³-hybridized carbons (Fsp3) is 0.154. The molecule has 5 nitrogen and oxygen atoms in total. The molecular formula is C13H12ClNO4S2. The zero-order valence-electron chi connectivity index (χ0n) is 11.2. The van der Waals surface area contributed by atoms with Gasteiger partial charge in [0.25, 0.3) is 5.91 Å². The Hall–Kier alpha value is -1.57.